The zero-order chi connectivity index (χ0) is 25.9. The minimum Gasteiger partial charge on any atom is -0.442 e. The first-order valence-corrected chi connectivity index (χ1v) is 15.6. The van der Waals surface area contributed by atoms with E-state index in [0.717, 1.165) is 32.3 Å². The first-order chi connectivity index (χ1) is 17.0. The third-order valence-corrected chi connectivity index (χ3v) is 11.8. The Morgan fingerprint density at radius 2 is 1.72 bits per heavy atom. The number of oxazole rings is 1. The van der Waals surface area contributed by atoms with Gasteiger partial charge in [-0.15, -0.1) is 46.6 Å². The lowest BCUT2D eigenvalue weighted by molar-refractivity contribution is 0.0957. The number of amides is 1. The second-order valence-electron chi connectivity index (χ2n) is 10.2. The number of nitrogens with zero attached hydrogens (tertiary/aromatic N) is 5. The molecule has 8 nitrogen and oxygen atoms in total. The van der Waals surface area contributed by atoms with Crippen LogP contribution in [0.2, 0.25) is 0 Å². The van der Waals surface area contributed by atoms with Gasteiger partial charge in [-0.1, -0.05) is 13.8 Å². The van der Waals surface area contributed by atoms with Gasteiger partial charge < -0.3 is 9.73 Å². The topological polar surface area (TPSA) is 105 Å². The van der Waals surface area contributed by atoms with E-state index in [0.29, 0.717) is 29.0 Å². The summed E-state index contributed by atoms with van der Waals surface area (Å²) >= 11 is 6.92. The van der Waals surface area contributed by atoms with Gasteiger partial charge >= 0.3 is 0 Å². The molecule has 0 radical (unpaired) electrons. The summed E-state index contributed by atoms with van der Waals surface area (Å²) in [6.45, 7) is 12.4. The van der Waals surface area contributed by atoms with E-state index < -0.39 is 11.1 Å². The van der Waals surface area contributed by atoms with Crippen LogP contribution in [0.25, 0.3) is 0 Å². The average molecular weight is 563 g/mol. The highest BCUT2D eigenvalue weighted by molar-refractivity contribution is 8.16. The second-order valence-corrected chi connectivity index (χ2v) is 13.9. The molecule has 0 saturated carbocycles. The molecule has 1 N–H and O–H groups in total. The average Bonchev–Trinajstić information content (AvgIpc) is 3.64. The van der Waals surface area contributed by atoms with Crippen molar-refractivity contribution >= 4 is 67.7 Å². The lowest BCUT2D eigenvalue weighted by Crippen LogP contribution is -2.31. The van der Waals surface area contributed by atoms with Gasteiger partial charge in [0, 0.05) is 35.6 Å². The second kappa shape index (κ2) is 9.28. The van der Waals surface area contributed by atoms with Crippen LogP contribution < -0.4 is 5.32 Å². The van der Waals surface area contributed by atoms with Crippen LogP contribution in [-0.4, -0.2) is 60.9 Å². The molecule has 36 heavy (non-hydrogen) atoms. The van der Waals surface area contributed by atoms with Gasteiger partial charge in [0.1, 0.15) is 38.1 Å². The number of thioether (sulfide) groups is 3. The maximum Gasteiger partial charge on any atom is 0.273 e. The van der Waals surface area contributed by atoms with E-state index in [4.69, 9.17) is 24.4 Å². The Bertz CT molecular complexity index is 1310. The molecule has 12 heteroatoms. The number of aromatic nitrogens is 2. The Balaban J connectivity index is 1.38. The fraction of sp³-hybridized carbons (Fsp3) is 0.583. The monoisotopic (exact) mass is 562 g/mol. The van der Waals surface area contributed by atoms with Crippen molar-refractivity contribution in [2.45, 2.75) is 58.2 Å². The normalized spacial score (nSPS) is 30.1. The molecule has 0 unspecified atom stereocenters. The molecule has 2 aromatic heterocycles. The minimum atomic E-state index is -0.641. The molecule has 3 atom stereocenters. The molecule has 5 rings (SSSR count). The lowest BCUT2D eigenvalue weighted by atomic mass is 10.0. The molecule has 0 bridgehead atoms. The molecule has 0 spiro atoms. The maximum absolute atomic E-state index is 12.1. The summed E-state index contributed by atoms with van der Waals surface area (Å²) in [5, 5.41) is 8.88. The highest BCUT2D eigenvalue weighted by Crippen LogP contribution is 2.45. The van der Waals surface area contributed by atoms with Crippen molar-refractivity contribution in [1.82, 2.24) is 15.3 Å². The minimum absolute atomic E-state index is 0.256. The van der Waals surface area contributed by atoms with E-state index in [2.05, 4.69) is 43.4 Å². The molecule has 3 aliphatic heterocycles. The number of aryl methyl sites for hydroxylation is 1. The van der Waals surface area contributed by atoms with Crippen LogP contribution in [0.5, 0.6) is 0 Å². The van der Waals surface area contributed by atoms with Gasteiger partial charge in [0.05, 0.1) is 10.1 Å². The van der Waals surface area contributed by atoms with Gasteiger partial charge in [0.25, 0.3) is 5.91 Å². The van der Waals surface area contributed by atoms with Crippen molar-refractivity contribution in [1.29, 1.82) is 0 Å². The third-order valence-electron chi connectivity index (χ3n) is 6.37. The quantitative estimate of drug-likeness (QED) is 0.520. The molecule has 0 aliphatic carbocycles. The number of hydrogen-bond donors (Lipinski definition) is 1. The Hall–Kier alpha value is -1.63. The number of rotatable bonds is 6. The molecule has 0 fully saturated rings. The summed E-state index contributed by atoms with van der Waals surface area (Å²) in [6.07, 6.45) is 0. The van der Waals surface area contributed by atoms with Crippen LogP contribution in [0.3, 0.4) is 0 Å². The van der Waals surface area contributed by atoms with E-state index in [9.17, 15) is 4.79 Å². The molecule has 3 aliphatic rings. The van der Waals surface area contributed by atoms with Crippen molar-refractivity contribution in [3.63, 3.8) is 0 Å². The van der Waals surface area contributed by atoms with Crippen molar-refractivity contribution in [2.75, 3.05) is 24.3 Å². The molecule has 0 aromatic carbocycles. The first-order valence-electron chi connectivity index (χ1n) is 11.8. The van der Waals surface area contributed by atoms with Gasteiger partial charge in [-0.3, -0.25) is 19.8 Å². The molecule has 0 saturated heterocycles. The van der Waals surface area contributed by atoms with Crippen LogP contribution in [-0.2, 0) is 11.1 Å². The Morgan fingerprint density at radius 3 is 2.42 bits per heavy atom. The van der Waals surface area contributed by atoms with Crippen molar-refractivity contribution < 1.29 is 9.21 Å². The van der Waals surface area contributed by atoms with Crippen LogP contribution in [0.15, 0.2) is 24.8 Å². The molecule has 1 amide bonds. The Labute approximate surface area is 228 Å². The summed E-state index contributed by atoms with van der Waals surface area (Å²) < 4.78 is 5.89. The summed E-state index contributed by atoms with van der Waals surface area (Å²) in [5.74, 6) is 3.57. The first kappa shape index (κ1) is 26.0. The Kier molecular flexibility index (Phi) is 6.70. The van der Waals surface area contributed by atoms with Crippen molar-refractivity contribution in [2.24, 2.45) is 20.9 Å². The third kappa shape index (κ3) is 4.48. The summed E-state index contributed by atoms with van der Waals surface area (Å²) in [5.41, 5.74) is -0.114. The fourth-order valence-corrected chi connectivity index (χ4v) is 8.96. The maximum atomic E-state index is 12.1. The highest BCUT2D eigenvalue weighted by Gasteiger charge is 2.46. The van der Waals surface area contributed by atoms with Gasteiger partial charge in [-0.25, -0.2) is 9.97 Å². The van der Waals surface area contributed by atoms with Gasteiger partial charge in [-0.2, -0.15) is 0 Å². The number of aliphatic imine (C=N–C) groups is 3. The van der Waals surface area contributed by atoms with E-state index in [-0.39, 0.29) is 11.4 Å². The van der Waals surface area contributed by atoms with Crippen LogP contribution in [0.1, 0.15) is 67.5 Å². The van der Waals surface area contributed by atoms with Crippen molar-refractivity contribution in [3.8, 4) is 0 Å². The van der Waals surface area contributed by atoms with Gasteiger partial charge in [-0.05, 0) is 27.7 Å². The standard InChI is InChI=1S/C24H30N6O2S4/c1-12(2)17-28-23(5,10-34-17)20-26-14(8-33-20)18-29-24(6,11-35-18)21-30-22(4,9-36-21)19-27-15(13(3)32-19)16(31)25-7/h8,12H,9-11H2,1-7H3,(H,25,31)/t22-,23-,24-/m0/s1. The van der Waals surface area contributed by atoms with Crippen LogP contribution in [0.4, 0.5) is 0 Å². The largest absolute Gasteiger partial charge is 0.442 e. The lowest BCUT2D eigenvalue weighted by Gasteiger charge is -2.19. The van der Waals surface area contributed by atoms with E-state index in [1.165, 1.54) is 5.04 Å². The Morgan fingerprint density at radius 1 is 1.00 bits per heavy atom. The summed E-state index contributed by atoms with van der Waals surface area (Å²) in [4.78, 5) is 36.7. The number of hydrogen-bond acceptors (Lipinski definition) is 11. The number of nitrogens with one attached hydrogen (secondary N) is 1. The highest BCUT2D eigenvalue weighted by atomic mass is 32.2. The number of carbonyl (C=O) groups is 1. The van der Waals surface area contributed by atoms with E-state index >= 15 is 0 Å². The smallest absolute Gasteiger partial charge is 0.273 e. The van der Waals surface area contributed by atoms with E-state index in [1.807, 2.05) is 18.7 Å². The molecular weight excluding hydrogens is 533 g/mol. The summed E-state index contributed by atoms with van der Waals surface area (Å²) in [6, 6.07) is 0. The van der Waals surface area contributed by atoms with Gasteiger partial charge in [0.2, 0.25) is 5.89 Å². The molecular formula is C24H30N6O2S4. The predicted molar refractivity (Wildman–Crippen MR) is 153 cm³/mol. The number of carbonyl (C=O) groups excluding carboxylic acids is 1. The van der Waals surface area contributed by atoms with E-state index in [1.54, 1.807) is 48.8 Å². The van der Waals surface area contributed by atoms with Gasteiger partial charge in [0.15, 0.2) is 5.69 Å². The fourth-order valence-electron chi connectivity index (χ4n) is 4.12. The number of thiazole rings is 1. The molecule has 192 valence electrons. The predicted octanol–water partition coefficient (Wildman–Crippen LogP) is 5.13. The van der Waals surface area contributed by atoms with Crippen LogP contribution in [0, 0.1) is 12.8 Å². The zero-order valence-corrected chi connectivity index (χ0v) is 24.7. The summed E-state index contributed by atoms with van der Waals surface area (Å²) in [7, 11) is 1.59. The van der Waals surface area contributed by atoms with Crippen molar-refractivity contribution in [3.05, 3.63) is 33.4 Å². The molecule has 2 aromatic rings. The van der Waals surface area contributed by atoms with Crippen LogP contribution >= 0.6 is 46.6 Å². The zero-order valence-electron chi connectivity index (χ0n) is 21.5. The molecule has 5 heterocycles. The SMILES string of the molecule is CNC(=O)c1nc([C@]2(C)CSC([C@]3(C)CSC(c4csc([C@]5(C)CSC(C(C)C)=N5)n4)=N3)=N2)oc1C.